The maximum Gasteiger partial charge on any atom is 0.338 e. The van der Waals surface area contributed by atoms with Crippen LogP contribution in [0.25, 0.3) is 0 Å². The zero-order valence-electron chi connectivity index (χ0n) is 12.4. The fraction of sp³-hybridized carbons (Fsp3) is 0.412. The number of carbonyl (C=O) groups is 2. The van der Waals surface area contributed by atoms with E-state index in [0.29, 0.717) is 17.9 Å². The molecule has 1 aliphatic rings. The first-order chi connectivity index (χ1) is 10.2. The Morgan fingerprint density at radius 1 is 1.24 bits per heavy atom. The van der Waals surface area contributed by atoms with E-state index >= 15 is 0 Å². The molecule has 0 bridgehead atoms. The first-order valence-electron chi connectivity index (χ1n) is 7.46. The number of hydrogen-bond acceptors (Lipinski definition) is 3. The van der Waals surface area contributed by atoms with E-state index < -0.39 is 0 Å². The Morgan fingerprint density at radius 2 is 2.00 bits per heavy atom. The van der Waals surface area contributed by atoms with Crippen molar-refractivity contribution >= 4 is 17.6 Å². The van der Waals surface area contributed by atoms with Crippen LogP contribution in [0.15, 0.2) is 35.9 Å². The average molecular weight is 287 g/mol. The highest BCUT2D eigenvalue weighted by Crippen LogP contribution is 2.22. The van der Waals surface area contributed by atoms with Crippen LogP contribution < -0.4 is 5.32 Å². The SMILES string of the molecule is CCOC(=O)c1cccc(NC(=O)C=C2CCCCC2)c1. The summed E-state index contributed by atoms with van der Waals surface area (Å²) in [6, 6.07) is 6.80. The standard InChI is InChI=1S/C17H21NO3/c1-2-21-17(20)14-9-6-10-15(12-14)18-16(19)11-13-7-4-3-5-8-13/h6,9-12H,2-5,7-8H2,1H3,(H,18,19). The number of hydrogen-bond donors (Lipinski definition) is 1. The minimum Gasteiger partial charge on any atom is -0.462 e. The fourth-order valence-corrected chi connectivity index (χ4v) is 2.45. The van der Waals surface area contributed by atoms with Crippen molar-refractivity contribution in [1.29, 1.82) is 0 Å². The Labute approximate surface area is 125 Å². The van der Waals surface area contributed by atoms with Crippen molar-refractivity contribution in [1.82, 2.24) is 0 Å². The van der Waals surface area contributed by atoms with Gasteiger partial charge in [-0.05, 0) is 50.8 Å². The summed E-state index contributed by atoms with van der Waals surface area (Å²) in [6.45, 7) is 2.10. The smallest absolute Gasteiger partial charge is 0.338 e. The van der Waals surface area contributed by atoms with Crippen LogP contribution in [0.2, 0.25) is 0 Å². The number of benzene rings is 1. The zero-order chi connectivity index (χ0) is 15.1. The van der Waals surface area contributed by atoms with Crippen molar-refractivity contribution < 1.29 is 14.3 Å². The summed E-state index contributed by atoms with van der Waals surface area (Å²) in [4.78, 5) is 23.6. The Bertz CT molecular complexity index is 541. The Kier molecular flexibility index (Phi) is 5.55. The summed E-state index contributed by atoms with van der Waals surface area (Å²) in [5, 5.41) is 2.80. The molecule has 0 spiro atoms. The Balaban J connectivity index is 2.00. The molecule has 1 aromatic rings. The first-order valence-corrected chi connectivity index (χ1v) is 7.46. The second kappa shape index (κ2) is 7.62. The minimum absolute atomic E-state index is 0.132. The van der Waals surface area contributed by atoms with Crippen LogP contribution in [0, 0.1) is 0 Å². The van der Waals surface area contributed by atoms with E-state index in [2.05, 4.69) is 5.32 Å². The van der Waals surface area contributed by atoms with Crippen molar-refractivity contribution in [3.63, 3.8) is 0 Å². The zero-order valence-corrected chi connectivity index (χ0v) is 12.4. The minimum atomic E-state index is -0.376. The molecular weight excluding hydrogens is 266 g/mol. The van der Waals surface area contributed by atoms with Crippen LogP contribution in [0.5, 0.6) is 0 Å². The third-order valence-electron chi connectivity index (χ3n) is 3.47. The molecule has 21 heavy (non-hydrogen) atoms. The lowest BCUT2D eigenvalue weighted by molar-refractivity contribution is -0.112. The van der Waals surface area contributed by atoms with Crippen molar-refractivity contribution in [2.75, 3.05) is 11.9 Å². The van der Waals surface area contributed by atoms with Gasteiger partial charge >= 0.3 is 5.97 Å². The van der Waals surface area contributed by atoms with Gasteiger partial charge in [0, 0.05) is 11.8 Å². The van der Waals surface area contributed by atoms with Gasteiger partial charge in [0.05, 0.1) is 12.2 Å². The van der Waals surface area contributed by atoms with Gasteiger partial charge in [-0.3, -0.25) is 4.79 Å². The molecule has 4 heteroatoms. The first kappa shape index (κ1) is 15.3. The lowest BCUT2D eigenvalue weighted by Crippen LogP contribution is -2.11. The molecule has 0 unspecified atom stereocenters. The van der Waals surface area contributed by atoms with Crippen LogP contribution in [-0.4, -0.2) is 18.5 Å². The maximum atomic E-state index is 12.0. The molecular formula is C17H21NO3. The van der Waals surface area contributed by atoms with Crippen LogP contribution in [-0.2, 0) is 9.53 Å². The molecule has 1 fully saturated rings. The Morgan fingerprint density at radius 3 is 2.71 bits per heavy atom. The lowest BCUT2D eigenvalue weighted by atomic mass is 9.94. The summed E-state index contributed by atoms with van der Waals surface area (Å²) in [5.74, 6) is -0.507. The van der Waals surface area contributed by atoms with Crippen LogP contribution in [0.4, 0.5) is 5.69 Å². The third kappa shape index (κ3) is 4.74. The number of nitrogens with one attached hydrogen (secondary N) is 1. The van der Waals surface area contributed by atoms with E-state index in [1.807, 2.05) is 0 Å². The number of esters is 1. The number of ether oxygens (including phenoxy) is 1. The molecule has 1 aliphatic carbocycles. The van der Waals surface area contributed by atoms with Gasteiger partial charge in [0.15, 0.2) is 0 Å². The number of rotatable bonds is 4. The van der Waals surface area contributed by atoms with E-state index in [0.717, 1.165) is 25.7 Å². The average Bonchev–Trinajstić information content (AvgIpc) is 2.48. The number of anilines is 1. The number of carbonyl (C=O) groups excluding carboxylic acids is 2. The highest BCUT2D eigenvalue weighted by Gasteiger charge is 2.09. The van der Waals surface area contributed by atoms with Gasteiger partial charge in [0.2, 0.25) is 5.91 Å². The predicted molar refractivity (Wildman–Crippen MR) is 82.2 cm³/mol. The third-order valence-corrected chi connectivity index (χ3v) is 3.47. The molecule has 1 aromatic carbocycles. The molecule has 1 amide bonds. The molecule has 0 saturated heterocycles. The van der Waals surface area contributed by atoms with Gasteiger partial charge in [-0.2, -0.15) is 0 Å². The summed E-state index contributed by atoms with van der Waals surface area (Å²) in [5.41, 5.74) is 2.26. The molecule has 4 nitrogen and oxygen atoms in total. The van der Waals surface area contributed by atoms with Crippen molar-refractivity contribution in [3.05, 3.63) is 41.5 Å². The van der Waals surface area contributed by atoms with E-state index in [9.17, 15) is 9.59 Å². The Hall–Kier alpha value is -2.10. The van der Waals surface area contributed by atoms with Gasteiger partial charge in [-0.25, -0.2) is 4.79 Å². The summed E-state index contributed by atoms with van der Waals surface area (Å²) in [6.07, 6.45) is 7.29. The van der Waals surface area contributed by atoms with E-state index in [4.69, 9.17) is 4.74 Å². The van der Waals surface area contributed by atoms with E-state index in [-0.39, 0.29) is 11.9 Å². The van der Waals surface area contributed by atoms with E-state index in [1.54, 1.807) is 37.3 Å². The van der Waals surface area contributed by atoms with Crippen molar-refractivity contribution in [2.45, 2.75) is 39.0 Å². The monoisotopic (exact) mass is 287 g/mol. The summed E-state index contributed by atoms with van der Waals surface area (Å²) in [7, 11) is 0. The molecule has 0 atom stereocenters. The second-order valence-electron chi connectivity index (χ2n) is 5.15. The molecule has 1 N–H and O–H groups in total. The van der Waals surface area contributed by atoms with Gasteiger partial charge in [-0.1, -0.05) is 18.1 Å². The van der Waals surface area contributed by atoms with Gasteiger partial charge in [0.1, 0.15) is 0 Å². The van der Waals surface area contributed by atoms with Crippen LogP contribution in [0.3, 0.4) is 0 Å². The molecule has 1 saturated carbocycles. The number of allylic oxidation sites excluding steroid dienone is 1. The van der Waals surface area contributed by atoms with Crippen molar-refractivity contribution in [2.24, 2.45) is 0 Å². The fourth-order valence-electron chi connectivity index (χ4n) is 2.45. The normalized spacial score (nSPS) is 14.4. The van der Waals surface area contributed by atoms with Gasteiger partial charge in [0.25, 0.3) is 0 Å². The molecule has 0 aliphatic heterocycles. The topological polar surface area (TPSA) is 55.4 Å². The van der Waals surface area contributed by atoms with Gasteiger partial charge < -0.3 is 10.1 Å². The molecule has 0 radical (unpaired) electrons. The largest absolute Gasteiger partial charge is 0.462 e. The number of amides is 1. The molecule has 112 valence electrons. The highest BCUT2D eigenvalue weighted by atomic mass is 16.5. The lowest BCUT2D eigenvalue weighted by Gasteiger charge is -2.13. The quantitative estimate of drug-likeness (QED) is 0.678. The van der Waals surface area contributed by atoms with E-state index in [1.165, 1.54) is 12.0 Å². The summed E-state index contributed by atoms with van der Waals surface area (Å²) < 4.78 is 4.95. The maximum absolute atomic E-state index is 12.0. The molecule has 0 aromatic heterocycles. The van der Waals surface area contributed by atoms with Crippen LogP contribution >= 0.6 is 0 Å². The van der Waals surface area contributed by atoms with Gasteiger partial charge in [-0.15, -0.1) is 0 Å². The summed E-state index contributed by atoms with van der Waals surface area (Å²) >= 11 is 0. The predicted octanol–water partition coefficient (Wildman–Crippen LogP) is 3.69. The molecule has 0 heterocycles. The van der Waals surface area contributed by atoms with Crippen LogP contribution in [0.1, 0.15) is 49.4 Å². The molecule has 2 rings (SSSR count). The highest BCUT2D eigenvalue weighted by molar-refractivity contribution is 6.00. The second-order valence-corrected chi connectivity index (χ2v) is 5.15. The van der Waals surface area contributed by atoms with Crippen molar-refractivity contribution in [3.8, 4) is 0 Å².